The maximum absolute atomic E-state index is 11.1. The van der Waals surface area contributed by atoms with Crippen LogP contribution in [-0.2, 0) is 0 Å². The average Bonchev–Trinajstić information content (AvgIpc) is 2.56. The summed E-state index contributed by atoms with van der Waals surface area (Å²) in [6, 6.07) is 16.6. The summed E-state index contributed by atoms with van der Waals surface area (Å²) in [5.74, 6) is 0.991. The highest BCUT2D eigenvalue weighted by Crippen LogP contribution is 2.21. The molecule has 2 heterocycles. The molecule has 3 aromatic rings. The lowest BCUT2D eigenvalue weighted by Gasteiger charge is -2.10. The number of ether oxygens (including phenoxy) is 1. The van der Waals surface area contributed by atoms with Gasteiger partial charge in [0.2, 0.25) is 0 Å². The molecule has 0 saturated carbocycles. The third-order valence-electron chi connectivity index (χ3n) is 3.12. The molecule has 0 N–H and O–H groups in total. The summed E-state index contributed by atoms with van der Waals surface area (Å²) >= 11 is 0. The molecule has 0 spiro atoms. The second kappa shape index (κ2) is 6.09. The zero-order valence-electron chi connectivity index (χ0n) is 11.4. The highest BCUT2D eigenvalue weighted by molar-refractivity contribution is 5.75. The van der Waals surface area contributed by atoms with Crippen molar-refractivity contribution in [3.8, 4) is 5.75 Å². The van der Waals surface area contributed by atoms with Gasteiger partial charge in [-0.1, -0.05) is 36.4 Å². The lowest BCUT2D eigenvalue weighted by atomic mass is 10.1. The van der Waals surface area contributed by atoms with Crippen molar-refractivity contribution in [1.82, 2.24) is 0 Å². The Balaban J connectivity index is 0.000000126. The Morgan fingerprint density at radius 3 is 2.57 bits per heavy atom. The van der Waals surface area contributed by atoms with E-state index in [0.717, 1.165) is 5.75 Å². The van der Waals surface area contributed by atoms with Crippen molar-refractivity contribution in [2.75, 3.05) is 6.61 Å². The molecule has 4 rings (SSSR count). The molecule has 0 fully saturated rings. The normalized spacial score (nSPS) is 12.0. The Hall–Kier alpha value is -2.81. The van der Waals surface area contributed by atoms with Gasteiger partial charge in [-0.25, -0.2) is 0 Å². The van der Waals surface area contributed by atoms with Gasteiger partial charge in [-0.3, -0.25) is 4.79 Å². The zero-order valence-corrected chi connectivity index (χ0v) is 11.4. The molecule has 3 heteroatoms. The van der Waals surface area contributed by atoms with E-state index in [1.54, 1.807) is 12.1 Å². The lowest BCUT2D eigenvalue weighted by molar-refractivity contribution is 0.358. The van der Waals surface area contributed by atoms with Crippen LogP contribution in [0.5, 0.6) is 5.75 Å². The monoisotopic (exact) mass is 278 g/mol. The van der Waals surface area contributed by atoms with Gasteiger partial charge in [-0.2, -0.15) is 0 Å². The molecule has 1 aliphatic rings. The number of benzene rings is 2. The van der Waals surface area contributed by atoms with E-state index >= 15 is 0 Å². The number of rotatable bonds is 0. The van der Waals surface area contributed by atoms with Gasteiger partial charge in [0, 0.05) is 11.6 Å². The first kappa shape index (κ1) is 13.2. The maximum Gasteiger partial charge on any atom is 0.192 e. The standard InChI is InChI=1S/C9H6O2.C9H8O/c10-8-5-6-11-9-4-2-1-3-7(8)9;1-2-6-9-8(4-1)5-3-7-10-9/h1-6H;1-6H,7H2. The van der Waals surface area contributed by atoms with Crippen LogP contribution in [0, 0.1) is 0 Å². The number of para-hydroxylation sites is 2. The molecule has 0 amide bonds. The van der Waals surface area contributed by atoms with Crippen LogP contribution in [0.3, 0.4) is 0 Å². The van der Waals surface area contributed by atoms with E-state index in [9.17, 15) is 4.79 Å². The van der Waals surface area contributed by atoms with Gasteiger partial charge in [-0.05, 0) is 24.3 Å². The summed E-state index contributed by atoms with van der Waals surface area (Å²) in [5.41, 5.74) is 1.82. The second-order valence-corrected chi connectivity index (χ2v) is 4.53. The Kier molecular flexibility index (Phi) is 3.83. The molecule has 0 unspecified atom stereocenters. The quantitative estimate of drug-likeness (QED) is 0.626. The molecule has 0 atom stereocenters. The minimum absolute atomic E-state index is 0.00634. The summed E-state index contributed by atoms with van der Waals surface area (Å²) < 4.78 is 10.4. The Morgan fingerprint density at radius 1 is 0.905 bits per heavy atom. The summed E-state index contributed by atoms with van der Waals surface area (Å²) in [6.45, 7) is 0.705. The van der Waals surface area contributed by atoms with Gasteiger partial charge in [0.15, 0.2) is 5.43 Å². The minimum atomic E-state index is 0.00634. The first-order chi connectivity index (χ1) is 10.3. The Bertz CT molecular complexity index is 825. The summed E-state index contributed by atoms with van der Waals surface area (Å²) in [7, 11) is 0. The molecule has 1 aromatic heterocycles. The molecule has 21 heavy (non-hydrogen) atoms. The summed E-state index contributed by atoms with van der Waals surface area (Å²) in [6.07, 6.45) is 5.51. The second-order valence-electron chi connectivity index (χ2n) is 4.53. The molecular formula is C18H14O3. The maximum atomic E-state index is 11.1. The van der Waals surface area contributed by atoms with Crippen LogP contribution in [0.2, 0.25) is 0 Å². The fraction of sp³-hybridized carbons (Fsp3) is 0.0556. The first-order valence-electron chi connectivity index (χ1n) is 6.69. The Morgan fingerprint density at radius 2 is 1.71 bits per heavy atom. The number of hydrogen-bond donors (Lipinski definition) is 0. The van der Waals surface area contributed by atoms with Crippen LogP contribution in [0.1, 0.15) is 5.56 Å². The van der Waals surface area contributed by atoms with Crippen LogP contribution in [-0.4, -0.2) is 6.61 Å². The van der Waals surface area contributed by atoms with Crippen LogP contribution < -0.4 is 10.2 Å². The minimum Gasteiger partial charge on any atom is -0.489 e. The Labute approximate surface area is 122 Å². The molecule has 2 aromatic carbocycles. The molecular weight excluding hydrogens is 264 g/mol. The van der Waals surface area contributed by atoms with Crippen molar-refractivity contribution in [1.29, 1.82) is 0 Å². The lowest BCUT2D eigenvalue weighted by Crippen LogP contribution is -1.98. The van der Waals surface area contributed by atoms with Crippen molar-refractivity contribution >= 4 is 17.0 Å². The van der Waals surface area contributed by atoms with Gasteiger partial charge in [0.25, 0.3) is 0 Å². The zero-order chi connectivity index (χ0) is 14.5. The molecule has 0 radical (unpaired) electrons. The topological polar surface area (TPSA) is 39.4 Å². The third-order valence-corrected chi connectivity index (χ3v) is 3.12. The fourth-order valence-corrected chi connectivity index (χ4v) is 2.09. The van der Waals surface area contributed by atoms with Crippen molar-refractivity contribution in [3.05, 3.63) is 82.7 Å². The summed E-state index contributed by atoms with van der Waals surface area (Å²) in [5, 5.41) is 0.634. The molecule has 104 valence electrons. The van der Waals surface area contributed by atoms with Gasteiger partial charge >= 0.3 is 0 Å². The molecule has 0 aliphatic carbocycles. The fourth-order valence-electron chi connectivity index (χ4n) is 2.09. The van der Waals surface area contributed by atoms with Crippen molar-refractivity contribution in [2.45, 2.75) is 0 Å². The third kappa shape index (κ3) is 3.03. The highest BCUT2D eigenvalue weighted by Gasteiger charge is 2.01. The van der Waals surface area contributed by atoms with Gasteiger partial charge in [0.05, 0.1) is 11.6 Å². The molecule has 0 saturated heterocycles. The van der Waals surface area contributed by atoms with E-state index in [1.165, 1.54) is 17.9 Å². The first-order valence-corrected chi connectivity index (χ1v) is 6.69. The van der Waals surface area contributed by atoms with E-state index < -0.39 is 0 Å². The largest absolute Gasteiger partial charge is 0.489 e. The molecule has 3 nitrogen and oxygen atoms in total. The van der Waals surface area contributed by atoms with Crippen LogP contribution in [0.25, 0.3) is 17.0 Å². The highest BCUT2D eigenvalue weighted by atomic mass is 16.5. The average molecular weight is 278 g/mol. The van der Waals surface area contributed by atoms with Crippen LogP contribution >= 0.6 is 0 Å². The summed E-state index contributed by atoms with van der Waals surface area (Å²) in [4.78, 5) is 11.1. The van der Waals surface area contributed by atoms with Gasteiger partial charge in [-0.15, -0.1) is 0 Å². The van der Waals surface area contributed by atoms with E-state index in [-0.39, 0.29) is 5.43 Å². The van der Waals surface area contributed by atoms with E-state index in [4.69, 9.17) is 9.15 Å². The van der Waals surface area contributed by atoms with Crippen molar-refractivity contribution < 1.29 is 9.15 Å². The molecule has 1 aliphatic heterocycles. The van der Waals surface area contributed by atoms with Gasteiger partial charge < -0.3 is 9.15 Å². The van der Waals surface area contributed by atoms with Crippen molar-refractivity contribution in [3.63, 3.8) is 0 Å². The van der Waals surface area contributed by atoms with E-state index in [2.05, 4.69) is 6.08 Å². The predicted octanol–water partition coefficient (Wildman–Crippen LogP) is 3.89. The van der Waals surface area contributed by atoms with Crippen LogP contribution in [0.4, 0.5) is 0 Å². The van der Waals surface area contributed by atoms with Gasteiger partial charge in [0.1, 0.15) is 17.9 Å². The number of hydrogen-bond acceptors (Lipinski definition) is 3. The van der Waals surface area contributed by atoms with E-state index in [0.29, 0.717) is 17.6 Å². The van der Waals surface area contributed by atoms with Crippen molar-refractivity contribution in [2.24, 2.45) is 0 Å². The molecule has 0 bridgehead atoms. The SMILES string of the molecule is C1=Cc2ccccc2OC1.O=c1ccoc2ccccc12. The number of fused-ring (bicyclic) bond motifs is 2. The smallest absolute Gasteiger partial charge is 0.192 e. The van der Waals surface area contributed by atoms with E-state index in [1.807, 2.05) is 42.5 Å². The predicted molar refractivity (Wildman–Crippen MR) is 83.5 cm³/mol. The van der Waals surface area contributed by atoms with Crippen LogP contribution in [0.15, 0.2) is 76.1 Å².